The van der Waals surface area contributed by atoms with Crippen molar-refractivity contribution in [1.82, 2.24) is 5.16 Å². The van der Waals surface area contributed by atoms with Gasteiger partial charge in [0.05, 0.1) is 6.04 Å². The average Bonchev–Trinajstić information content (AvgIpc) is 3.40. The van der Waals surface area contributed by atoms with E-state index in [1.54, 1.807) is 23.1 Å². The molecule has 0 unspecified atom stereocenters. The molecular weight excluding hydrogens is 474 g/mol. The van der Waals surface area contributed by atoms with Crippen LogP contribution in [0, 0.1) is 0 Å². The van der Waals surface area contributed by atoms with E-state index in [9.17, 15) is 9.59 Å². The Hall–Kier alpha value is -3.90. The molecule has 0 aliphatic carbocycles. The summed E-state index contributed by atoms with van der Waals surface area (Å²) in [5.74, 6) is -0.0744. The monoisotopic (exact) mass is 499 g/mol. The van der Waals surface area contributed by atoms with Gasteiger partial charge in [-0.3, -0.25) is 9.59 Å². The summed E-state index contributed by atoms with van der Waals surface area (Å²) < 4.78 is 5.49. The molecule has 4 aromatic rings. The number of nitrogens with zero attached hydrogens (tertiary/aromatic N) is 3. The van der Waals surface area contributed by atoms with Crippen molar-refractivity contribution in [3.63, 3.8) is 0 Å². The summed E-state index contributed by atoms with van der Waals surface area (Å²) >= 11 is 5.99. The zero-order valence-corrected chi connectivity index (χ0v) is 20.9. The van der Waals surface area contributed by atoms with Crippen molar-refractivity contribution in [3.05, 3.63) is 101 Å². The maximum Gasteiger partial charge on any atom is 0.297 e. The molecule has 0 bridgehead atoms. The molecule has 0 radical (unpaired) electrons. The van der Waals surface area contributed by atoms with Crippen molar-refractivity contribution in [2.24, 2.45) is 0 Å². The highest BCUT2D eigenvalue weighted by Gasteiger charge is 2.39. The van der Waals surface area contributed by atoms with E-state index in [-0.39, 0.29) is 29.7 Å². The lowest BCUT2D eigenvalue weighted by Gasteiger charge is -2.43. The Labute approximate surface area is 215 Å². The second-order valence-electron chi connectivity index (χ2n) is 8.87. The maximum absolute atomic E-state index is 13.7. The molecule has 2 atom stereocenters. The van der Waals surface area contributed by atoms with E-state index < -0.39 is 0 Å². The third-order valence-corrected chi connectivity index (χ3v) is 6.81. The Morgan fingerprint density at radius 1 is 1.03 bits per heavy atom. The van der Waals surface area contributed by atoms with Crippen LogP contribution in [0.5, 0.6) is 0 Å². The highest BCUT2D eigenvalue weighted by molar-refractivity contribution is 6.30. The highest BCUT2D eigenvalue weighted by atomic mass is 35.5. The van der Waals surface area contributed by atoms with Crippen molar-refractivity contribution >= 4 is 34.8 Å². The highest BCUT2D eigenvalue weighted by Crippen LogP contribution is 2.43. The van der Waals surface area contributed by atoms with Gasteiger partial charge in [0.25, 0.3) is 5.91 Å². The molecule has 36 heavy (non-hydrogen) atoms. The van der Waals surface area contributed by atoms with Crippen LogP contribution in [0.15, 0.2) is 89.5 Å². The predicted molar refractivity (Wildman–Crippen MR) is 141 cm³/mol. The zero-order valence-electron chi connectivity index (χ0n) is 20.1. The van der Waals surface area contributed by atoms with Crippen molar-refractivity contribution in [2.75, 3.05) is 9.80 Å². The Bertz CT molecular complexity index is 1380. The number of fused-ring (bicyclic) bond motifs is 1. The van der Waals surface area contributed by atoms with Gasteiger partial charge in [-0.25, -0.2) is 0 Å². The molecule has 1 aliphatic rings. The Balaban J connectivity index is 1.51. The average molecular weight is 500 g/mol. The number of benzene rings is 3. The van der Waals surface area contributed by atoms with Crippen molar-refractivity contribution < 1.29 is 14.1 Å². The number of carbonyl (C=O) groups excluding carboxylic acids is 2. The number of anilines is 2. The van der Waals surface area contributed by atoms with Gasteiger partial charge in [0.2, 0.25) is 11.7 Å². The molecule has 1 aliphatic heterocycles. The summed E-state index contributed by atoms with van der Waals surface area (Å²) in [5.41, 5.74) is 3.91. The minimum atomic E-state index is -0.269. The first-order valence-electron chi connectivity index (χ1n) is 12.0. The molecule has 0 fully saturated rings. The molecule has 0 saturated carbocycles. The summed E-state index contributed by atoms with van der Waals surface area (Å²) in [6.45, 7) is 3.87. The number of aromatic nitrogens is 1. The van der Waals surface area contributed by atoms with Crippen LogP contribution in [0.25, 0.3) is 11.3 Å². The SMILES string of the molecule is CCC(=O)N(c1ccccc1)[C@H]1C[C@@H](C)N(C(=O)c2cc(-c3ccc(Cl)cc3)no2)c2ccccc21. The first-order chi connectivity index (χ1) is 17.5. The number of carbonyl (C=O) groups is 2. The molecule has 0 saturated heterocycles. The van der Waals surface area contributed by atoms with E-state index in [4.69, 9.17) is 16.1 Å². The van der Waals surface area contributed by atoms with Crippen LogP contribution in [0.4, 0.5) is 11.4 Å². The second-order valence-corrected chi connectivity index (χ2v) is 9.31. The van der Waals surface area contributed by atoms with E-state index in [0.29, 0.717) is 23.6 Å². The van der Waals surface area contributed by atoms with Gasteiger partial charge >= 0.3 is 0 Å². The Morgan fingerprint density at radius 2 is 1.72 bits per heavy atom. The largest absolute Gasteiger partial charge is 0.350 e. The summed E-state index contributed by atoms with van der Waals surface area (Å²) in [5, 5.41) is 4.73. The molecule has 3 aromatic carbocycles. The number of amides is 2. The van der Waals surface area contributed by atoms with Gasteiger partial charge in [-0.05, 0) is 49.2 Å². The summed E-state index contributed by atoms with van der Waals surface area (Å²) in [7, 11) is 0. The zero-order chi connectivity index (χ0) is 25.2. The number of para-hydroxylation sites is 2. The minimum absolute atomic E-state index is 0.0378. The summed E-state index contributed by atoms with van der Waals surface area (Å²) in [6.07, 6.45) is 0.970. The standard InChI is InChI=1S/C29H26ClN3O3/c1-3-28(34)33(22-9-5-4-6-10-22)26-17-19(2)32(25-12-8-7-11-23(25)26)29(35)27-18-24(31-36-27)20-13-15-21(30)16-14-20/h4-16,18-19,26H,3,17H2,1-2H3/t19-,26+/m1/s1. The van der Waals surface area contributed by atoms with E-state index in [2.05, 4.69) is 5.16 Å². The van der Waals surface area contributed by atoms with Crippen molar-refractivity contribution in [2.45, 2.75) is 38.8 Å². The van der Waals surface area contributed by atoms with E-state index in [1.165, 1.54) is 0 Å². The molecule has 7 heteroatoms. The van der Waals surface area contributed by atoms with Gasteiger partial charge in [-0.2, -0.15) is 0 Å². The van der Waals surface area contributed by atoms with E-state index in [1.807, 2.05) is 85.5 Å². The summed E-state index contributed by atoms with van der Waals surface area (Å²) in [4.78, 5) is 30.4. The lowest BCUT2D eigenvalue weighted by Crippen LogP contribution is -2.47. The Kier molecular flexibility index (Phi) is 6.61. The molecular formula is C29H26ClN3O3. The Morgan fingerprint density at radius 3 is 2.44 bits per heavy atom. The maximum atomic E-state index is 13.7. The first kappa shape index (κ1) is 23.8. The molecule has 0 N–H and O–H groups in total. The van der Waals surface area contributed by atoms with Crippen LogP contribution < -0.4 is 9.80 Å². The molecule has 182 valence electrons. The van der Waals surface area contributed by atoms with Crippen LogP contribution >= 0.6 is 11.6 Å². The second kappa shape index (κ2) is 9.99. The van der Waals surface area contributed by atoms with Crippen LogP contribution in [-0.2, 0) is 4.79 Å². The number of hydrogen-bond acceptors (Lipinski definition) is 4. The summed E-state index contributed by atoms with van der Waals surface area (Å²) in [6, 6.07) is 25.9. The molecule has 0 spiro atoms. The van der Waals surface area contributed by atoms with Gasteiger partial charge in [-0.15, -0.1) is 0 Å². The fourth-order valence-corrected chi connectivity index (χ4v) is 4.97. The topological polar surface area (TPSA) is 66.7 Å². The third kappa shape index (κ3) is 4.40. The first-order valence-corrected chi connectivity index (χ1v) is 12.4. The van der Waals surface area contributed by atoms with Crippen LogP contribution in [0.1, 0.15) is 48.8 Å². The predicted octanol–water partition coefficient (Wildman–Crippen LogP) is 6.92. The fourth-order valence-electron chi connectivity index (χ4n) is 4.84. The lowest BCUT2D eigenvalue weighted by atomic mass is 9.89. The van der Waals surface area contributed by atoms with Crippen molar-refractivity contribution in [1.29, 1.82) is 0 Å². The van der Waals surface area contributed by atoms with Gasteiger partial charge in [0.1, 0.15) is 5.69 Å². The van der Waals surface area contributed by atoms with Gasteiger partial charge in [0.15, 0.2) is 0 Å². The molecule has 1 aromatic heterocycles. The number of halogens is 1. The van der Waals surface area contributed by atoms with Gasteiger partial charge < -0.3 is 14.3 Å². The van der Waals surface area contributed by atoms with Gasteiger partial charge in [0, 0.05) is 40.5 Å². The third-order valence-electron chi connectivity index (χ3n) is 6.56. The normalized spacial score (nSPS) is 16.9. The van der Waals surface area contributed by atoms with Crippen LogP contribution in [0.3, 0.4) is 0 Å². The van der Waals surface area contributed by atoms with E-state index in [0.717, 1.165) is 22.5 Å². The smallest absolute Gasteiger partial charge is 0.297 e. The molecule has 6 nitrogen and oxygen atoms in total. The van der Waals surface area contributed by atoms with Crippen LogP contribution in [0.2, 0.25) is 5.02 Å². The number of hydrogen-bond donors (Lipinski definition) is 0. The van der Waals surface area contributed by atoms with E-state index >= 15 is 0 Å². The van der Waals surface area contributed by atoms with Gasteiger partial charge in [-0.1, -0.05) is 72.2 Å². The minimum Gasteiger partial charge on any atom is -0.350 e. The fraction of sp³-hybridized carbons (Fsp3) is 0.207. The molecule has 2 heterocycles. The molecule has 2 amide bonds. The molecule has 5 rings (SSSR count). The lowest BCUT2D eigenvalue weighted by molar-refractivity contribution is -0.118. The van der Waals surface area contributed by atoms with Crippen molar-refractivity contribution in [3.8, 4) is 11.3 Å². The van der Waals surface area contributed by atoms with Crippen LogP contribution in [-0.4, -0.2) is 23.0 Å². The number of rotatable bonds is 5. The quantitative estimate of drug-likeness (QED) is 0.299.